The van der Waals surface area contributed by atoms with Crippen molar-refractivity contribution in [1.29, 1.82) is 0 Å². The monoisotopic (exact) mass is 291 g/mol. The van der Waals surface area contributed by atoms with Gasteiger partial charge in [-0.3, -0.25) is 4.79 Å². The van der Waals surface area contributed by atoms with Crippen molar-refractivity contribution in [2.45, 2.75) is 50.7 Å². The molecule has 4 nitrogen and oxygen atoms in total. The van der Waals surface area contributed by atoms with E-state index in [-0.39, 0.29) is 11.7 Å². The lowest BCUT2D eigenvalue weighted by atomic mass is 9.99. The minimum absolute atomic E-state index is 0.266. The van der Waals surface area contributed by atoms with Crippen LogP contribution in [-0.4, -0.2) is 24.5 Å². The summed E-state index contributed by atoms with van der Waals surface area (Å²) in [6, 6.07) is 5.29. The third kappa shape index (κ3) is 3.18. The van der Waals surface area contributed by atoms with Crippen LogP contribution in [0, 0.1) is 5.82 Å². The molecule has 0 radical (unpaired) electrons. The normalized spacial score (nSPS) is 22.3. The highest BCUT2D eigenvalue weighted by Gasteiger charge is 2.30. The SMILES string of the molecule is NC(=O)C1CCCCN1c1c(F)cccc1CNC1CC1. The van der Waals surface area contributed by atoms with Crippen LogP contribution >= 0.6 is 0 Å². The second kappa shape index (κ2) is 6.02. The van der Waals surface area contributed by atoms with E-state index < -0.39 is 6.04 Å². The van der Waals surface area contributed by atoms with Gasteiger partial charge >= 0.3 is 0 Å². The van der Waals surface area contributed by atoms with Gasteiger partial charge in [0.05, 0.1) is 5.69 Å². The molecule has 1 aromatic rings. The van der Waals surface area contributed by atoms with Crippen molar-refractivity contribution in [2.75, 3.05) is 11.4 Å². The molecule has 1 aliphatic heterocycles. The summed E-state index contributed by atoms with van der Waals surface area (Å²) in [5.41, 5.74) is 6.97. The van der Waals surface area contributed by atoms with Gasteiger partial charge in [0.2, 0.25) is 5.91 Å². The molecule has 2 aliphatic rings. The summed E-state index contributed by atoms with van der Waals surface area (Å²) < 4.78 is 14.4. The molecule has 1 saturated heterocycles. The molecule has 0 spiro atoms. The van der Waals surface area contributed by atoms with Crippen LogP contribution in [0.2, 0.25) is 0 Å². The van der Waals surface area contributed by atoms with Gasteiger partial charge in [-0.05, 0) is 43.7 Å². The second-order valence-corrected chi connectivity index (χ2v) is 6.01. The minimum Gasteiger partial charge on any atom is -0.368 e. The third-order valence-corrected chi connectivity index (χ3v) is 4.35. The number of hydrogen-bond acceptors (Lipinski definition) is 3. The summed E-state index contributed by atoms with van der Waals surface area (Å²) in [5.74, 6) is -0.627. The Kier molecular flexibility index (Phi) is 4.10. The average molecular weight is 291 g/mol. The van der Waals surface area contributed by atoms with E-state index in [9.17, 15) is 9.18 Å². The number of hydrogen-bond donors (Lipinski definition) is 2. The minimum atomic E-state index is -0.393. The molecule has 1 aromatic carbocycles. The predicted molar refractivity (Wildman–Crippen MR) is 80.4 cm³/mol. The fraction of sp³-hybridized carbons (Fsp3) is 0.562. The molecule has 114 valence electrons. The van der Waals surface area contributed by atoms with E-state index in [4.69, 9.17) is 5.73 Å². The van der Waals surface area contributed by atoms with E-state index >= 15 is 0 Å². The third-order valence-electron chi connectivity index (χ3n) is 4.35. The Labute approximate surface area is 124 Å². The number of rotatable bonds is 5. The summed E-state index contributed by atoms with van der Waals surface area (Å²) in [5, 5.41) is 3.41. The van der Waals surface area contributed by atoms with Gasteiger partial charge in [-0.2, -0.15) is 0 Å². The van der Waals surface area contributed by atoms with E-state index in [1.807, 2.05) is 11.0 Å². The molecule has 1 aliphatic carbocycles. The first kappa shape index (κ1) is 14.3. The quantitative estimate of drug-likeness (QED) is 0.871. The van der Waals surface area contributed by atoms with E-state index in [0.717, 1.165) is 18.4 Å². The Hall–Kier alpha value is -1.62. The maximum atomic E-state index is 14.4. The topological polar surface area (TPSA) is 58.4 Å². The van der Waals surface area contributed by atoms with Crippen molar-refractivity contribution in [1.82, 2.24) is 5.32 Å². The van der Waals surface area contributed by atoms with E-state index in [2.05, 4.69) is 5.32 Å². The number of primary amides is 1. The van der Waals surface area contributed by atoms with Gasteiger partial charge < -0.3 is 16.0 Å². The van der Waals surface area contributed by atoms with Crippen molar-refractivity contribution in [3.63, 3.8) is 0 Å². The number of para-hydroxylation sites is 1. The maximum Gasteiger partial charge on any atom is 0.240 e. The maximum absolute atomic E-state index is 14.4. The van der Waals surface area contributed by atoms with Crippen molar-refractivity contribution in [3.05, 3.63) is 29.6 Å². The van der Waals surface area contributed by atoms with Gasteiger partial charge in [-0.25, -0.2) is 4.39 Å². The van der Waals surface area contributed by atoms with Crippen molar-refractivity contribution in [2.24, 2.45) is 5.73 Å². The van der Waals surface area contributed by atoms with Gasteiger partial charge in [0.25, 0.3) is 0 Å². The lowest BCUT2D eigenvalue weighted by molar-refractivity contribution is -0.119. The molecule has 1 atom stereocenters. The standard InChI is InChI=1S/C16H22FN3O/c17-13-5-3-4-11(10-19-12-7-8-12)15(13)20-9-2-1-6-14(20)16(18)21/h3-5,12,14,19H,1-2,6-10H2,(H2,18,21). The Morgan fingerprint density at radius 2 is 2.14 bits per heavy atom. The molecule has 2 fully saturated rings. The molecule has 1 saturated carbocycles. The van der Waals surface area contributed by atoms with Crippen molar-refractivity contribution >= 4 is 11.6 Å². The summed E-state index contributed by atoms with van der Waals surface area (Å²) in [4.78, 5) is 13.5. The molecule has 0 bridgehead atoms. The van der Waals surface area contributed by atoms with Crippen LogP contribution in [-0.2, 0) is 11.3 Å². The first-order valence-electron chi connectivity index (χ1n) is 7.73. The fourth-order valence-corrected chi connectivity index (χ4v) is 3.06. The van der Waals surface area contributed by atoms with Crippen LogP contribution in [0.1, 0.15) is 37.7 Å². The average Bonchev–Trinajstić information content (AvgIpc) is 3.29. The highest BCUT2D eigenvalue weighted by Crippen LogP contribution is 2.31. The number of nitrogens with two attached hydrogens (primary N) is 1. The number of nitrogens with zero attached hydrogens (tertiary/aromatic N) is 1. The molecule has 0 aromatic heterocycles. The Balaban J connectivity index is 1.88. The molecule has 3 rings (SSSR count). The Morgan fingerprint density at radius 1 is 1.33 bits per heavy atom. The number of piperidine rings is 1. The Bertz CT molecular complexity index is 530. The van der Waals surface area contributed by atoms with Crippen molar-refractivity contribution < 1.29 is 9.18 Å². The van der Waals surface area contributed by atoms with Gasteiger partial charge in [-0.15, -0.1) is 0 Å². The zero-order chi connectivity index (χ0) is 14.8. The van der Waals surface area contributed by atoms with Crippen molar-refractivity contribution in [3.8, 4) is 0 Å². The molecule has 21 heavy (non-hydrogen) atoms. The van der Waals surface area contributed by atoms with Crippen LogP contribution in [0.4, 0.5) is 10.1 Å². The van der Waals surface area contributed by atoms with Crippen LogP contribution < -0.4 is 16.0 Å². The fourth-order valence-electron chi connectivity index (χ4n) is 3.06. The molecule has 1 unspecified atom stereocenters. The lowest BCUT2D eigenvalue weighted by Crippen LogP contribution is -2.48. The zero-order valence-electron chi connectivity index (χ0n) is 12.1. The predicted octanol–water partition coefficient (Wildman–Crippen LogP) is 1.92. The van der Waals surface area contributed by atoms with Gasteiger partial charge in [-0.1, -0.05) is 12.1 Å². The number of benzene rings is 1. The van der Waals surface area contributed by atoms with Gasteiger partial charge in [0, 0.05) is 19.1 Å². The zero-order valence-corrected chi connectivity index (χ0v) is 12.1. The molecule has 3 N–H and O–H groups in total. The second-order valence-electron chi connectivity index (χ2n) is 6.01. The number of nitrogens with one attached hydrogen (secondary N) is 1. The first-order chi connectivity index (χ1) is 10.2. The van der Waals surface area contributed by atoms with Crippen LogP contribution in [0.15, 0.2) is 18.2 Å². The molecule has 1 amide bonds. The van der Waals surface area contributed by atoms with Gasteiger partial charge in [0.1, 0.15) is 11.9 Å². The van der Waals surface area contributed by atoms with E-state index in [0.29, 0.717) is 31.2 Å². The number of carbonyl (C=O) groups excluding carboxylic acids is 1. The summed E-state index contributed by atoms with van der Waals surface area (Å²) in [6.45, 7) is 1.32. The molecule has 1 heterocycles. The highest BCUT2D eigenvalue weighted by atomic mass is 19.1. The Morgan fingerprint density at radius 3 is 2.86 bits per heavy atom. The summed E-state index contributed by atoms with van der Waals surface area (Å²) in [6.07, 6.45) is 5.03. The molecular formula is C16H22FN3O. The summed E-state index contributed by atoms with van der Waals surface area (Å²) in [7, 11) is 0. The van der Waals surface area contributed by atoms with Crippen LogP contribution in [0.5, 0.6) is 0 Å². The number of carbonyl (C=O) groups is 1. The number of anilines is 1. The lowest BCUT2D eigenvalue weighted by Gasteiger charge is -2.37. The van der Waals surface area contributed by atoms with Crippen LogP contribution in [0.3, 0.4) is 0 Å². The first-order valence-corrected chi connectivity index (χ1v) is 7.73. The van der Waals surface area contributed by atoms with Crippen LogP contribution in [0.25, 0.3) is 0 Å². The molecular weight excluding hydrogens is 269 g/mol. The molecule has 5 heteroatoms. The van der Waals surface area contributed by atoms with E-state index in [1.54, 1.807) is 6.07 Å². The van der Waals surface area contributed by atoms with Gasteiger partial charge in [0.15, 0.2) is 0 Å². The number of halogens is 1. The number of amides is 1. The van der Waals surface area contributed by atoms with E-state index in [1.165, 1.54) is 18.9 Å². The highest BCUT2D eigenvalue weighted by molar-refractivity contribution is 5.84. The largest absolute Gasteiger partial charge is 0.368 e. The summed E-state index contributed by atoms with van der Waals surface area (Å²) >= 11 is 0. The smallest absolute Gasteiger partial charge is 0.240 e.